The number of nitrogens with one attached hydrogen (secondary N) is 1. The Morgan fingerprint density at radius 1 is 1.47 bits per heavy atom. The molecule has 0 fully saturated rings. The quantitative estimate of drug-likeness (QED) is 0.580. The van der Waals surface area contributed by atoms with Gasteiger partial charge in [-0.25, -0.2) is 4.98 Å². The van der Waals surface area contributed by atoms with Gasteiger partial charge in [0, 0.05) is 19.3 Å². The molecule has 1 aromatic rings. The second kappa shape index (κ2) is 7.59. The minimum Gasteiger partial charge on any atom is -0.505 e. The molecule has 1 rings (SSSR count). The Morgan fingerprint density at radius 2 is 2.29 bits per heavy atom. The molecule has 0 aromatic carbocycles. The third-order valence-corrected chi connectivity index (χ3v) is 1.99. The van der Waals surface area contributed by atoms with Crippen molar-refractivity contribution in [3.8, 4) is 5.75 Å². The zero-order chi connectivity index (χ0) is 12.5. The average molecular weight is 240 g/mol. The van der Waals surface area contributed by atoms with Crippen molar-refractivity contribution in [2.45, 2.75) is 6.42 Å². The Bertz CT molecular complexity index is 357. The summed E-state index contributed by atoms with van der Waals surface area (Å²) in [4.78, 5) is 15.3. The fourth-order valence-corrected chi connectivity index (χ4v) is 1.20. The van der Waals surface area contributed by atoms with Gasteiger partial charge in [-0.1, -0.05) is 0 Å². The van der Waals surface area contributed by atoms with Crippen molar-refractivity contribution in [1.82, 2.24) is 10.3 Å². The Balaban J connectivity index is 2.24. The predicted molar refractivity (Wildman–Crippen MR) is 60.8 cm³/mol. The van der Waals surface area contributed by atoms with Crippen LogP contribution < -0.4 is 5.32 Å². The molecule has 0 aliphatic carbocycles. The minimum atomic E-state index is -0.412. The van der Waals surface area contributed by atoms with Crippen LogP contribution in [0.25, 0.3) is 0 Å². The molecule has 0 unspecified atom stereocenters. The molecule has 1 amide bonds. The maximum atomic E-state index is 11.5. The van der Waals surface area contributed by atoms with Gasteiger partial charge in [-0.2, -0.15) is 0 Å². The Kier molecular flexibility index (Phi) is 5.98. The molecule has 0 saturated heterocycles. The average Bonchev–Trinajstić information content (AvgIpc) is 2.34. The molecule has 0 saturated carbocycles. The third-order valence-electron chi connectivity index (χ3n) is 1.99. The van der Waals surface area contributed by atoms with Gasteiger partial charge in [0.15, 0.2) is 5.69 Å². The third kappa shape index (κ3) is 4.80. The molecule has 0 aliphatic heterocycles. The molecule has 0 atom stereocenters. The number of ether oxygens (including phenoxy) is 1. The summed E-state index contributed by atoms with van der Waals surface area (Å²) < 4.78 is 5.03. The van der Waals surface area contributed by atoms with E-state index in [0.717, 1.165) is 0 Å². The molecular weight excluding hydrogens is 224 g/mol. The number of amides is 1. The van der Waals surface area contributed by atoms with E-state index in [2.05, 4.69) is 10.3 Å². The van der Waals surface area contributed by atoms with Gasteiger partial charge in [0.1, 0.15) is 5.75 Å². The van der Waals surface area contributed by atoms with Crippen molar-refractivity contribution in [2.24, 2.45) is 0 Å². The Labute approximate surface area is 99.3 Å². The number of hydrogen-bond donors (Lipinski definition) is 3. The van der Waals surface area contributed by atoms with Crippen molar-refractivity contribution < 1.29 is 19.7 Å². The number of aliphatic hydroxyl groups excluding tert-OH is 1. The van der Waals surface area contributed by atoms with Crippen molar-refractivity contribution >= 4 is 5.91 Å². The van der Waals surface area contributed by atoms with Crippen LogP contribution in [0.1, 0.15) is 16.9 Å². The van der Waals surface area contributed by atoms with Crippen LogP contribution in [0.3, 0.4) is 0 Å². The summed E-state index contributed by atoms with van der Waals surface area (Å²) in [6.45, 7) is 1.19. The second-order valence-corrected chi connectivity index (χ2v) is 3.32. The highest BCUT2D eigenvalue weighted by Gasteiger charge is 2.10. The van der Waals surface area contributed by atoms with Crippen LogP contribution in [0.15, 0.2) is 18.3 Å². The van der Waals surface area contributed by atoms with Gasteiger partial charge in [0.05, 0.1) is 13.2 Å². The second-order valence-electron chi connectivity index (χ2n) is 3.32. The van der Waals surface area contributed by atoms with Crippen molar-refractivity contribution in [1.29, 1.82) is 0 Å². The van der Waals surface area contributed by atoms with Crippen molar-refractivity contribution in [3.05, 3.63) is 24.0 Å². The predicted octanol–water partition coefficient (Wildman–Crippen LogP) is -0.0840. The number of carbonyl (C=O) groups is 1. The molecular formula is C11H16N2O4. The van der Waals surface area contributed by atoms with E-state index in [9.17, 15) is 9.90 Å². The fourth-order valence-electron chi connectivity index (χ4n) is 1.20. The van der Waals surface area contributed by atoms with Crippen LogP contribution >= 0.6 is 0 Å². The van der Waals surface area contributed by atoms with Crippen LogP contribution in [-0.4, -0.2) is 47.5 Å². The number of aromatic nitrogens is 1. The van der Waals surface area contributed by atoms with Crippen LogP contribution in [0.2, 0.25) is 0 Å². The molecule has 17 heavy (non-hydrogen) atoms. The van der Waals surface area contributed by atoms with Crippen molar-refractivity contribution in [3.63, 3.8) is 0 Å². The highest BCUT2D eigenvalue weighted by molar-refractivity contribution is 5.94. The number of rotatable bonds is 7. The number of aliphatic hydroxyl groups is 1. The lowest BCUT2D eigenvalue weighted by Crippen LogP contribution is -2.26. The van der Waals surface area contributed by atoms with Gasteiger partial charge >= 0.3 is 0 Å². The lowest BCUT2D eigenvalue weighted by Gasteiger charge is -2.06. The van der Waals surface area contributed by atoms with E-state index in [0.29, 0.717) is 26.2 Å². The van der Waals surface area contributed by atoms with Crippen LogP contribution in [0.5, 0.6) is 5.75 Å². The monoisotopic (exact) mass is 240 g/mol. The molecule has 0 spiro atoms. The van der Waals surface area contributed by atoms with E-state index in [4.69, 9.17) is 9.84 Å². The highest BCUT2D eigenvalue weighted by atomic mass is 16.5. The van der Waals surface area contributed by atoms with Crippen LogP contribution in [-0.2, 0) is 4.74 Å². The molecule has 0 aliphatic rings. The van der Waals surface area contributed by atoms with E-state index < -0.39 is 5.91 Å². The summed E-state index contributed by atoms with van der Waals surface area (Å²) in [5.74, 6) is -0.549. The first-order valence-electron chi connectivity index (χ1n) is 5.36. The van der Waals surface area contributed by atoms with Gasteiger partial charge in [-0.3, -0.25) is 4.79 Å². The van der Waals surface area contributed by atoms with Gasteiger partial charge in [-0.05, 0) is 18.6 Å². The number of aromatic hydroxyl groups is 1. The number of nitrogens with zero attached hydrogens (tertiary/aromatic N) is 1. The van der Waals surface area contributed by atoms with Gasteiger partial charge < -0.3 is 20.3 Å². The first-order valence-corrected chi connectivity index (χ1v) is 5.36. The molecule has 6 heteroatoms. The maximum Gasteiger partial charge on any atom is 0.273 e. The number of hydrogen-bond acceptors (Lipinski definition) is 5. The summed E-state index contributed by atoms with van der Waals surface area (Å²) in [6, 6.07) is 2.96. The summed E-state index contributed by atoms with van der Waals surface area (Å²) in [5.41, 5.74) is 0.0174. The first kappa shape index (κ1) is 13.4. The Morgan fingerprint density at radius 3 is 3.00 bits per heavy atom. The summed E-state index contributed by atoms with van der Waals surface area (Å²) in [7, 11) is 0. The SMILES string of the molecule is O=C(NCCCOCCO)c1ncccc1O. The van der Waals surface area contributed by atoms with Gasteiger partial charge in [0.25, 0.3) is 5.91 Å². The largest absolute Gasteiger partial charge is 0.505 e. The number of pyridine rings is 1. The molecule has 1 heterocycles. The molecule has 3 N–H and O–H groups in total. The van der Waals surface area contributed by atoms with E-state index in [1.807, 2.05) is 0 Å². The molecule has 0 radical (unpaired) electrons. The van der Waals surface area contributed by atoms with E-state index in [1.165, 1.54) is 12.3 Å². The smallest absolute Gasteiger partial charge is 0.273 e. The standard InChI is InChI=1S/C11H16N2O4/c14-6-8-17-7-2-5-13-11(16)10-9(15)3-1-4-12-10/h1,3-4,14-15H,2,5-8H2,(H,13,16). The molecule has 94 valence electrons. The van der Waals surface area contributed by atoms with E-state index in [1.54, 1.807) is 6.07 Å². The fraction of sp³-hybridized carbons (Fsp3) is 0.455. The highest BCUT2D eigenvalue weighted by Crippen LogP contribution is 2.11. The minimum absolute atomic E-state index is 0.00579. The maximum absolute atomic E-state index is 11.5. The van der Waals surface area contributed by atoms with Gasteiger partial charge in [-0.15, -0.1) is 0 Å². The number of carbonyl (C=O) groups excluding carboxylic acids is 1. The lowest BCUT2D eigenvalue weighted by molar-refractivity contribution is 0.0864. The first-order chi connectivity index (χ1) is 8.25. The summed E-state index contributed by atoms with van der Waals surface area (Å²) in [6.07, 6.45) is 2.08. The van der Waals surface area contributed by atoms with E-state index >= 15 is 0 Å². The van der Waals surface area contributed by atoms with Crippen molar-refractivity contribution in [2.75, 3.05) is 26.4 Å². The van der Waals surface area contributed by atoms with Crippen LogP contribution in [0.4, 0.5) is 0 Å². The molecule has 0 bridgehead atoms. The zero-order valence-electron chi connectivity index (χ0n) is 9.43. The normalized spacial score (nSPS) is 10.2. The Hall–Kier alpha value is -1.66. The summed E-state index contributed by atoms with van der Waals surface area (Å²) in [5, 5.41) is 20.4. The van der Waals surface area contributed by atoms with E-state index in [-0.39, 0.29) is 18.1 Å². The topological polar surface area (TPSA) is 91.7 Å². The zero-order valence-corrected chi connectivity index (χ0v) is 9.43. The lowest BCUT2D eigenvalue weighted by atomic mass is 10.3. The van der Waals surface area contributed by atoms with Gasteiger partial charge in [0.2, 0.25) is 0 Å². The molecule has 6 nitrogen and oxygen atoms in total. The molecule has 1 aromatic heterocycles. The summed E-state index contributed by atoms with van der Waals surface area (Å²) >= 11 is 0. The van der Waals surface area contributed by atoms with Crippen LogP contribution in [0, 0.1) is 0 Å².